The Morgan fingerprint density at radius 1 is 1.09 bits per heavy atom. The number of carbonyl (C=O) groups is 3. The molecule has 0 saturated carbocycles. The molecule has 0 fully saturated rings. The summed E-state index contributed by atoms with van der Waals surface area (Å²) in [4.78, 5) is 38.5. The summed E-state index contributed by atoms with van der Waals surface area (Å²) in [6.07, 6.45) is -0.612. The lowest BCUT2D eigenvalue weighted by Gasteiger charge is -2.21. The van der Waals surface area contributed by atoms with Crippen LogP contribution in [0.2, 0.25) is 5.02 Å². The molecule has 1 aromatic heterocycles. The molecule has 0 aliphatic heterocycles. The van der Waals surface area contributed by atoms with Gasteiger partial charge in [0.05, 0.1) is 11.4 Å². The number of carboxylic acids is 1. The van der Waals surface area contributed by atoms with Gasteiger partial charge in [-0.05, 0) is 75.6 Å². The fraction of sp³-hybridized carbons (Fsp3) is 0.320. The first-order valence-electron chi connectivity index (χ1n) is 10.3. The second kappa shape index (κ2) is 8.79. The van der Waals surface area contributed by atoms with Crippen LogP contribution in [-0.4, -0.2) is 33.1 Å². The number of hydrogen-bond donors (Lipinski definition) is 1. The monoisotopic (exact) mass is 455 g/mol. The Hall–Kier alpha value is -3.12. The number of halogens is 1. The van der Waals surface area contributed by atoms with Crippen LogP contribution in [0.1, 0.15) is 54.9 Å². The zero-order valence-electron chi connectivity index (χ0n) is 18.7. The lowest BCUT2D eigenvalue weighted by Crippen LogP contribution is -2.29. The van der Waals surface area contributed by atoms with Gasteiger partial charge < -0.3 is 9.84 Å². The van der Waals surface area contributed by atoms with E-state index < -0.39 is 29.4 Å². The lowest BCUT2D eigenvalue weighted by atomic mass is 9.95. The van der Waals surface area contributed by atoms with Crippen molar-refractivity contribution >= 4 is 40.3 Å². The van der Waals surface area contributed by atoms with Crippen LogP contribution in [-0.2, 0) is 16.0 Å². The molecule has 0 saturated heterocycles. The highest BCUT2D eigenvalue weighted by Gasteiger charge is 2.31. The first-order valence-corrected chi connectivity index (χ1v) is 10.7. The highest BCUT2D eigenvalue weighted by Crippen LogP contribution is 2.32. The van der Waals surface area contributed by atoms with Crippen molar-refractivity contribution in [3.63, 3.8) is 0 Å². The summed E-state index contributed by atoms with van der Waals surface area (Å²) in [6, 6.07) is 11.8. The molecule has 0 aliphatic carbocycles. The largest absolute Gasteiger partial charge is 0.481 e. The predicted octanol–water partition coefficient (Wildman–Crippen LogP) is 5.88. The van der Waals surface area contributed by atoms with Gasteiger partial charge in [0.15, 0.2) is 0 Å². The number of ketones is 1. The van der Waals surface area contributed by atoms with Crippen LogP contribution in [0.5, 0.6) is 0 Å². The summed E-state index contributed by atoms with van der Waals surface area (Å²) >= 11 is 5.98. The van der Waals surface area contributed by atoms with Gasteiger partial charge in [-0.25, -0.2) is 9.36 Å². The first kappa shape index (κ1) is 23.5. The Bertz CT molecular complexity index is 1200. The minimum atomic E-state index is -0.986. The van der Waals surface area contributed by atoms with Crippen LogP contribution in [0, 0.1) is 12.8 Å². The summed E-state index contributed by atoms with van der Waals surface area (Å²) in [5.74, 6) is -2.15. The maximum atomic E-state index is 13.7. The molecule has 7 heteroatoms. The molecule has 32 heavy (non-hydrogen) atoms. The Morgan fingerprint density at radius 3 is 2.28 bits per heavy atom. The number of aliphatic carboxylic acids is 1. The minimum absolute atomic E-state index is 0.0827. The van der Waals surface area contributed by atoms with Crippen molar-refractivity contribution in [2.45, 2.75) is 46.6 Å². The van der Waals surface area contributed by atoms with E-state index in [2.05, 4.69) is 0 Å². The molecule has 168 valence electrons. The van der Waals surface area contributed by atoms with E-state index in [4.69, 9.17) is 16.3 Å². The summed E-state index contributed by atoms with van der Waals surface area (Å²) in [5, 5.41) is 10.6. The number of aromatic nitrogens is 1. The Morgan fingerprint density at radius 2 is 1.72 bits per heavy atom. The zero-order chi connectivity index (χ0) is 23.8. The van der Waals surface area contributed by atoms with Gasteiger partial charge in [0.25, 0.3) is 0 Å². The van der Waals surface area contributed by atoms with Crippen LogP contribution in [0.4, 0.5) is 4.79 Å². The van der Waals surface area contributed by atoms with E-state index in [0.29, 0.717) is 27.1 Å². The molecule has 2 aromatic carbocycles. The number of carbonyl (C=O) groups excluding carboxylic acids is 2. The summed E-state index contributed by atoms with van der Waals surface area (Å²) < 4.78 is 6.89. The smallest absolute Gasteiger partial charge is 0.419 e. The number of aryl methyl sites for hydroxylation is 1. The number of fused-ring (bicyclic) bond motifs is 1. The minimum Gasteiger partial charge on any atom is -0.481 e. The van der Waals surface area contributed by atoms with Gasteiger partial charge in [0.2, 0.25) is 5.78 Å². The predicted molar refractivity (Wildman–Crippen MR) is 124 cm³/mol. The van der Waals surface area contributed by atoms with Crippen molar-refractivity contribution in [3.8, 4) is 0 Å². The number of ether oxygens (including phenoxy) is 1. The third-order valence-corrected chi connectivity index (χ3v) is 5.31. The maximum Gasteiger partial charge on any atom is 0.419 e. The highest BCUT2D eigenvalue weighted by atomic mass is 35.5. The molecule has 3 rings (SSSR count). The molecule has 0 bridgehead atoms. The Kier molecular flexibility index (Phi) is 6.46. The van der Waals surface area contributed by atoms with Crippen LogP contribution < -0.4 is 0 Å². The molecule has 1 atom stereocenters. The van der Waals surface area contributed by atoms with Crippen LogP contribution in [0.15, 0.2) is 42.5 Å². The second-order valence-corrected chi connectivity index (χ2v) is 9.38. The lowest BCUT2D eigenvalue weighted by molar-refractivity contribution is -0.141. The number of hydrogen-bond acceptors (Lipinski definition) is 4. The van der Waals surface area contributed by atoms with Crippen molar-refractivity contribution in [2.24, 2.45) is 5.92 Å². The van der Waals surface area contributed by atoms with Crippen molar-refractivity contribution < 1.29 is 24.2 Å². The average Bonchev–Trinajstić information content (AvgIpc) is 2.99. The van der Waals surface area contributed by atoms with Gasteiger partial charge in [-0.1, -0.05) is 30.7 Å². The summed E-state index contributed by atoms with van der Waals surface area (Å²) in [5.41, 5.74) is 1.55. The van der Waals surface area contributed by atoms with Gasteiger partial charge in [-0.15, -0.1) is 0 Å². The Labute approximate surface area is 191 Å². The molecule has 0 radical (unpaired) electrons. The van der Waals surface area contributed by atoms with Crippen molar-refractivity contribution in [1.82, 2.24) is 4.57 Å². The van der Waals surface area contributed by atoms with E-state index in [1.807, 2.05) is 19.1 Å². The third kappa shape index (κ3) is 4.86. The molecule has 1 unspecified atom stereocenters. The van der Waals surface area contributed by atoms with E-state index in [1.54, 1.807) is 58.0 Å². The van der Waals surface area contributed by atoms with Gasteiger partial charge in [-0.2, -0.15) is 0 Å². The molecule has 1 heterocycles. The quantitative estimate of drug-likeness (QED) is 0.485. The molecular formula is C25H26ClNO5. The van der Waals surface area contributed by atoms with Gasteiger partial charge in [0.1, 0.15) is 11.3 Å². The molecule has 6 nitrogen and oxygen atoms in total. The number of rotatable bonds is 5. The second-order valence-electron chi connectivity index (χ2n) is 8.94. The van der Waals surface area contributed by atoms with E-state index in [0.717, 1.165) is 5.56 Å². The molecular weight excluding hydrogens is 430 g/mol. The van der Waals surface area contributed by atoms with E-state index >= 15 is 0 Å². The van der Waals surface area contributed by atoms with E-state index in [9.17, 15) is 19.5 Å². The van der Waals surface area contributed by atoms with Crippen molar-refractivity contribution in [2.75, 3.05) is 0 Å². The van der Waals surface area contributed by atoms with Gasteiger partial charge in [-0.3, -0.25) is 9.59 Å². The normalized spacial score (nSPS) is 12.6. The standard InChI is InChI=1S/C25H26ClNO5/c1-14-6-11-18-19(13-15(2)23(29)30)21(22(28)16-7-9-17(26)10-8-16)27(20(18)12-14)24(31)32-25(3,4)5/h6-12,15H,13H2,1-5H3,(H,29,30). The molecule has 0 aliphatic rings. The topological polar surface area (TPSA) is 85.6 Å². The van der Waals surface area contributed by atoms with Gasteiger partial charge in [0, 0.05) is 16.0 Å². The molecule has 0 amide bonds. The van der Waals surface area contributed by atoms with E-state index in [1.165, 1.54) is 4.57 Å². The number of nitrogens with zero attached hydrogens (tertiary/aromatic N) is 1. The number of carboxylic acid groups (broad SMARTS) is 1. The zero-order valence-corrected chi connectivity index (χ0v) is 19.5. The average molecular weight is 456 g/mol. The summed E-state index contributed by atoms with van der Waals surface area (Å²) in [6.45, 7) is 8.69. The summed E-state index contributed by atoms with van der Waals surface area (Å²) in [7, 11) is 0. The maximum absolute atomic E-state index is 13.7. The fourth-order valence-electron chi connectivity index (χ4n) is 3.54. The Balaban J connectivity index is 2.34. The first-order chi connectivity index (χ1) is 14.9. The van der Waals surface area contributed by atoms with Crippen LogP contribution >= 0.6 is 11.6 Å². The fourth-order valence-corrected chi connectivity index (χ4v) is 3.66. The SMILES string of the molecule is Cc1ccc2c(CC(C)C(=O)O)c(C(=O)c3ccc(Cl)cc3)n(C(=O)OC(C)(C)C)c2c1. The molecule has 3 aromatic rings. The highest BCUT2D eigenvalue weighted by molar-refractivity contribution is 6.30. The number of benzene rings is 2. The van der Waals surface area contributed by atoms with Crippen LogP contribution in [0.3, 0.4) is 0 Å². The van der Waals surface area contributed by atoms with Crippen molar-refractivity contribution in [1.29, 1.82) is 0 Å². The molecule has 0 spiro atoms. The third-order valence-electron chi connectivity index (χ3n) is 5.06. The van der Waals surface area contributed by atoms with Gasteiger partial charge >= 0.3 is 12.1 Å². The van der Waals surface area contributed by atoms with E-state index in [-0.39, 0.29) is 12.1 Å². The van der Waals surface area contributed by atoms with Crippen LogP contribution in [0.25, 0.3) is 10.9 Å². The molecule has 1 N–H and O–H groups in total. The van der Waals surface area contributed by atoms with Crippen molar-refractivity contribution in [3.05, 3.63) is 69.9 Å².